The van der Waals surface area contributed by atoms with Crippen LogP contribution in [0.15, 0.2) is 28.7 Å². The van der Waals surface area contributed by atoms with Crippen LogP contribution >= 0.6 is 15.9 Å². The van der Waals surface area contributed by atoms with Gasteiger partial charge >= 0.3 is 12.4 Å². The van der Waals surface area contributed by atoms with Crippen LogP contribution in [-0.4, -0.2) is 26.5 Å². The molecule has 0 radical (unpaired) electrons. The van der Waals surface area contributed by atoms with Gasteiger partial charge in [0.1, 0.15) is 0 Å². The number of halogens is 7. The van der Waals surface area contributed by atoms with Gasteiger partial charge in [-0.25, -0.2) is 0 Å². The molecule has 0 aliphatic carbocycles. The third-order valence-corrected chi connectivity index (χ3v) is 3.75. The molecular weight excluding hydrogens is 394 g/mol. The summed E-state index contributed by atoms with van der Waals surface area (Å²) in [4.78, 5) is 0. The lowest BCUT2D eigenvalue weighted by atomic mass is 10.1. The van der Waals surface area contributed by atoms with Gasteiger partial charge in [-0.2, -0.15) is 34.8 Å². The average molecular weight is 401 g/mol. The van der Waals surface area contributed by atoms with E-state index in [-0.39, 0.29) is 0 Å². The number of hydrogen-bond donors (Lipinski definition) is 0. The Morgan fingerprint density at radius 1 is 1.05 bits per heavy atom. The first-order valence-corrected chi connectivity index (χ1v) is 7.47. The second-order valence-corrected chi connectivity index (χ2v) is 6.40. The molecule has 0 aromatic heterocycles. The highest BCUT2D eigenvalue weighted by Crippen LogP contribution is 2.38. The van der Waals surface area contributed by atoms with E-state index < -0.39 is 39.9 Å². The van der Waals surface area contributed by atoms with Crippen molar-refractivity contribution in [1.82, 2.24) is 0 Å². The first kappa shape index (κ1) is 18.2. The Morgan fingerprint density at radius 2 is 1.52 bits per heavy atom. The van der Waals surface area contributed by atoms with Crippen molar-refractivity contribution in [3.8, 4) is 0 Å². The lowest BCUT2D eigenvalue weighted by Crippen LogP contribution is -2.31. The van der Waals surface area contributed by atoms with Gasteiger partial charge in [0.25, 0.3) is 10.1 Å². The summed E-state index contributed by atoms with van der Waals surface area (Å²) in [5.41, 5.74) is -0.628. The third-order valence-electron chi connectivity index (χ3n) is 2.05. The quantitative estimate of drug-likeness (QED) is 0.567. The minimum absolute atomic E-state index is 0.408. The zero-order valence-corrected chi connectivity index (χ0v) is 12.3. The molecule has 0 saturated carbocycles. The molecule has 1 atom stereocenters. The highest BCUT2D eigenvalue weighted by atomic mass is 79.9. The van der Waals surface area contributed by atoms with Crippen LogP contribution in [0.1, 0.15) is 11.7 Å². The van der Waals surface area contributed by atoms with Crippen LogP contribution in [0.4, 0.5) is 26.3 Å². The van der Waals surface area contributed by atoms with Gasteiger partial charge in [0.15, 0.2) is 11.9 Å². The van der Waals surface area contributed by atoms with Crippen LogP contribution < -0.4 is 0 Å². The molecule has 0 bridgehead atoms. The van der Waals surface area contributed by atoms with E-state index in [1.165, 1.54) is 12.1 Å². The predicted octanol–water partition coefficient (Wildman–Crippen LogP) is 3.96. The minimum Gasteiger partial charge on any atom is -0.252 e. The second kappa shape index (κ2) is 6.13. The average Bonchev–Trinajstić information content (AvgIpc) is 2.22. The lowest BCUT2D eigenvalue weighted by molar-refractivity contribution is -0.197. The fourth-order valence-corrected chi connectivity index (χ4v) is 2.56. The molecule has 0 unspecified atom stereocenters. The highest BCUT2D eigenvalue weighted by Gasteiger charge is 2.47. The van der Waals surface area contributed by atoms with Crippen LogP contribution in [0.25, 0.3) is 0 Å². The van der Waals surface area contributed by atoms with E-state index in [1.54, 1.807) is 0 Å². The predicted molar refractivity (Wildman–Crippen MR) is 63.9 cm³/mol. The molecule has 0 aliphatic rings. The molecule has 0 heterocycles. The van der Waals surface area contributed by atoms with Gasteiger partial charge in [0.05, 0.1) is 0 Å². The van der Waals surface area contributed by atoms with Crippen LogP contribution in [0, 0.1) is 0 Å². The molecule has 0 fully saturated rings. The van der Waals surface area contributed by atoms with Crippen molar-refractivity contribution in [2.24, 2.45) is 0 Å². The molecule has 1 aromatic carbocycles. The van der Waals surface area contributed by atoms with E-state index in [0.717, 1.165) is 12.1 Å². The van der Waals surface area contributed by atoms with E-state index in [0.29, 0.717) is 4.47 Å². The van der Waals surface area contributed by atoms with E-state index in [2.05, 4.69) is 20.1 Å². The minimum atomic E-state index is -5.44. The zero-order chi connectivity index (χ0) is 16.5. The maximum Gasteiger partial charge on any atom is 0.420 e. The van der Waals surface area contributed by atoms with Crippen molar-refractivity contribution in [3.63, 3.8) is 0 Å². The monoisotopic (exact) mass is 400 g/mol. The first-order valence-electron chi connectivity index (χ1n) is 5.10. The fraction of sp³-hybridized carbons (Fsp3) is 0.400. The molecule has 1 aromatic rings. The first-order chi connectivity index (χ1) is 9.30. The number of rotatable bonds is 4. The van der Waals surface area contributed by atoms with Gasteiger partial charge in [0.2, 0.25) is 0 Å². The van der Waals surface area contributed by atoms with Crippen LogP contribution in [0.2, 0.25) is 0 Å². The smallest absolute Gasteiger partial charge is 0.252 e. The van der Waals surface area contributed by atoms with Crippen molar-refractivity contribution >= 4 is 26.0 Å². The Labute approximate surface area is 124 Å². The van der Waals surface area contributed by atoms with Gasteiger partial charge in [-0.3, -0.25) is 4.18 Å². The molecule has 0 N–H and O–H groups in total. The zero-order valence-electron chi connectivity index (χ0n) is 9.87. The van der Waals surface area contributed by atoms with E-state index >= 15 is 0 Å². The van der Waals surface area contributed by atoms with Crippen LogP contribution in [0.3, 0.4) is 0 Å². The van der Waals surface area contributed by atoms with Gasteiger partial charge in [-0.15, -0.1) is 0 Å². The summed E-state index contributed by atoms with van der Waals surface area (Å²) in [6.07, 6.45) is -13.4. The Bertz CT molecular complexity index is 578. The van der Waals surface area contributed by atoms with Gasteiger partial charge < -0.3 is 0 Å². The Kier molecular flexibility index (Phi) is 5.32. The molecule has 0 saturated heterocycles. The fourth-order valence-electron chi connectivity index (χ4n) is 1.32. The van der Waals surface area contributed by atoms with Crippen molar-refractivity contribution in [2.45, 2.75) is 18.5 Å². The van der Waals surface area contributed by atoms with Crippen LogP contribution in [-0.2, 0) is 14.3 Å². The SMILES string of the molecule is O=S(=O)(CC(F)(F)F)O[C@H](c1ccc(Br)cc1)C(F)(F)F. The van der Waals surface area contributed by atoms with Crippen molar-refractivity contribution in [1.29, 1.82) is 0 Å². The molecule has 120 valence electrons. The highest BCUT2D eigenvalue weighted by molar-refractivity contribution is 9.10. The topological polar surface area (TPSA) is 43.4 Å². The van der Waals surface area contributed by atoms with Crippen molar-refractivity contribution < 1.29 is 38.9 Å². The number of hydrogen-bond acceptors (Lipinski definition) is 3. The largest absolute Gasteiger partial charge is 0.420 e. The second-order valence-electron chi connectivity index (χ2n) is 3.89. The molecule has 21 heavy (non-hydrogen) atoms. The third kappa shape index (κ3) is 6.22. The maximum absolute atomic E-state index is 12.8. The Hall–Kier alpha value is -0.810. The molecular formula is C10H7BrF6O3S. The summed E-state index contributed by atoms with van der Waals surface area (Å²) in [7, 11) is -5.44. The van der Waals surface area contributed by atoms with E-state index in [1.807, 2.05) is 0 Å². The molecule has 0 aliphatic heterocycles. The maximum atomic E-state index is 12.8. The summed E-state index contributed by atoms with van der Waals surface area (Å²) in [6.45, 7) is 0. The summed E-state index contributed by atoms with van der Waals surface area (Å²) >= 11 is 2.96. The molecule has 0 spiro atoms. The lowest BCUT2D eigenvalue weighted by Gasteiger charge is -2.21. The normalized spacial score (nSPS) is 15.0. The van der Waals surface area contributed by atoms with E-state index in [4.69, 9.17) is 0 Å². The standard InChI is InChI=1S/C10H7BrF6O3S/c11-7-3-1-6(2-4-7)8(10(15,16)17)20-21(18,19)5-9(12,13)14/h1-4,8H,5H2/t8-/m1/s1. The van der Waals surface area contributed by atoms with Gasteiger partial charge in [0, 0.05) is 4.47 Å². The molecule has 0 amide bonds. The van der Waals surface area contributed by atoms with Gasteiger partial charge in [-0.1, -0.05) is 28.1 Å². The van der Waals surface area contributed by atoms with Crippen molar-refractivity contribution in [3.05, 3.63) is 34.3 Å². The molecule has 3 nitrogen and oxygen atoms in total. The Balaban J connectivity index is 3.09. The molecule has 11 heteroatoms. The summed E-state index contributed by atoms with van der Waals surface area (Å²) in [6, 6.07) is 4.14. The summed E-state index contributed by atoms with van der Waals surface area (Å²) in [5, 5.41) is 0. The summed E-state index contributed by atoms with van der Waals surface area (Å²) in [5.74, 6) is -2.50. The summed E-state index contributed by atoms with van der Waals surface area (Å²) < 4.78 is 101. The van der Waals surface area contributed by atoms with Gasteiger partial charge in [-0.05, 0) is 17.7 Å². The Morgan fingerprint density at radius 3 is 1.90 bits per heavy atom. The van der Waals surface area contributed by atoms with E-state index in [9.17, 15) is 34.8 Å². The molecule has 1 rings (SSSR count). The number of benzene rings is 1. The van der Waals surface area contributed by atoms with Crippen LogP contribution in [0.5, 0.6) is 0 Å². The van der Waals surface area contributed by atoms with Crippen molar-refractivity contribution in [2.75, 3.05) is 5.75 Å². The number of alkyl halides is 6.